The van der Waals surface area contributed by atoms with Crippen LogP contribution in [0, 0.1) is 12.7 Å². The summed E-state index contributed by atoms with van der Waals surface area (Å²) in [6.45, 7) is 7.14. The monoisotopic (exact) mass is 380 g/mol. The Hall–Kier alpha value is -2.86. The number of amides is 1. The van der Waals surface area contributed by atoms with Crippen LogP contribution < -0.4 is 10.2 Å². The van der Waals surface area contributed by atoms with Crippen molar-refractivity contribution in [2.24, 2.45) is 0 Å². The Bertz CT molecular complexity index is 958. The third-order valence-electron chi connectivity index (χ3n) is 5.30. The average Bonchev–Trinajstić information content (AvgIpc) is 3.12. The number of piperazine rings is 1. The number of nitrogens with zero attached hydrogens (tertiary/aromatic N) is 2. The van der Waals surface area contributed by atoms with Crippen LogP contribution in [0.5, 0.6) is 0 Å². The molecule has 2 aromatic carbocycles. The lowest BCUT2D eigenvalue weighted by Gasteiger charge is -2.36. The fourth-order valence-corrected chi connectivity index (χ4v) is 3.67. The third kappa shape index (κ3) is 4.17. The van der Waals surface area contributed by atoms with Gasteiger partial charge in [0.1, 0.15) is 11.5 Å². The standard InChI is InChI=1S/C22H25FN4O/c1-16-2-3-17-15-21(25-20(17)14-16)22(28)24-8-9-26-10-12-27(13-11-26)19-6-4-18(23)5-7-19/h2-7,14-15,25H,8-13H2,1H3,(H,24,28). The number of aromatic nitrogens is 1. The number of hydrogen-bond donors (Lipinski definition) is 2. The number of hydrogen-bond acceptors (Lipinski definition) is 3. The molecule has 1 saturated heterocycles. The summed E-state index contributed by atoms with van der Waals surface area (Å²) in [7, 11) is 0. The van der Waals surface area contributed by atoms with E-state index in [0.717, 1.165) is 49.3 Å². The first-order valence-corrected chi connectivity index (χ1v) is 9.69. The number of aryl methyl sites for hydroxylation is 1. The fraction of sp³-hybridized carbons (Fsp3) is 0.318. The molecule has 1 aliphatic rings. The molecule has 1 aliphatic heterocycles. The molecular formula is C22H25FN4O. The van der Waals surface area contributed by atoms with Crippen LogP contribution in [-0.2, 0) is 0 Å². The maximum atomic E-state index is 13.1. The second-order valence-corrected chi connectivity index (χ2v) is 7.33. The van der Waals surface area contributed by atoms with E-state index in [2.05, 4.69) is 20.1 Å². The molecule has 6 heteroatoms. The molecular weight excluding hydrogens is 355 g/mol. The van der Waals surface area contributed by atoms with Crippen LogP contribution in [0.3, 0.4) is 0 Å². The summed E-state index contributed by atoms with van der Waals surface area (Å²) < 4.78 is 13.1. The molecule has 0 aliphatic carbocycles. The van der Waals surface area contributed by atoms with Crippen molar-refractivity contribution in [3.05, 3.63) is 65.6 Å². The van der Waals surface area contributed by atoms with E-state index in [-0.39, 0.29) is 11.7 Å². The highest BCUT2D eigenvalue weighted by Crippen LogP contribution is 2.18. The lowest BCUT2D eigenvalue weighted by molar-refractivity contribution is 0.0943. The zero-order valence-electron chi connectivity index (χ0n) is 16.0. The minimum Gasteiger partial charge on any atom is -0.369 e. The van der Waals surface area contributed by atoms with E-state index in [9.17, 15) is 9.18 Å². The second-order valence-electron chi connectivity index (χ2n) is 7.33. The summed E-state index contributed by atoms with van der Waals surface area (Å²) in [6, 6.07) is 14.7. The van der Waals surface area contributed by atoms with Crippen LogP contribution in [0.25, 0.3) is 10.9 Å². The lowest BCUT2D eigenvalue weighted by Crippen LogP contribution is -2.48. The third-order valence-corrected chi connectivity index (χ3v) is 5.30. The Morgan fingerprint density at radius 3 is 2.57 bits per heavy atom. The SMILES string of the molecule is Cc1ccc2cc(C(=O)NCCN3CCN(c4ccc(F)cc4)CC3)[nH]c2c1. The second kappa shape index (κ2) is 8.02. The van der Waals surface area contributed by atoms with Gasteiger partial charge >= 0.3 is 0 Å². The minimum absolute atomic E-state index is 0.0706. The fourth-order valence-electron chi connectivity index (χ4n) is 3.67. The van der Waals surface area contributed by atoms with Gasteiger partial charge in [0.15, 0.2) is 0 Å². The van der Waals surface area contributed by atoms with Crippen LogP contribution in [0.4, 0.5) is 10.1 Å². The van der Waals surface area contributed by atoms with Gasteiger partial charge in [0.25, 0.3) is 5.91 Å². The van der Waals surface area contributed by atoms with Crippen molar-refractivity contribution in [1.29, 1.82) is 0 Å². The quantitative estimate of drug-likeness (QED) is 0.715. The van der Waals surface area contributed by atoms with Gasteiger partial charge in [-0.05, 0) is 48.9 Å². The van der Waals surface area contributed by atoms with Gasteiger partial charge in [0.2, 0.25) is 0 Å². The molecule has 5 nitrogen and oxygen atoms in total. The minimum atomic E-state index is -0.205. The zero-order chi connectivity index (χ0) is 19.5. The molecule has 0 saturated carbocycles. The number of aromatic amines is 1. The molecule has 146 valence electrons. The Labute approximate surface area is 164 Å². The van der Waals surface area contributed by atoms with Crippen molar-refractivity contribution in [2.45, 2.75) is 6.92 Å². The molecule has 1 aromatic heterocycles. The van der Waals surface area contributed by atoms with E-state index in [1.165, 1.54) is 17.7 Å². The number of fused-ring (bicyclic) bond motifs is 1. The molecule has 1 amide bonds. The first-order valence-electron chi connectivity index (χ1n) is 9.69. The molecule has 0 radical (unpaired) electrons. The van der Waals surface area contributed by atoms with Crippen molar-refractivity contribution in [3.8, 4) is 0 Å². The van der Waals surface area contributed by atoms with Crippen molar-refractivity contribution in [1.82, 2.24) is 15.2 Å². The topological polar surface area (TPSA) is 51.4 Å². The van der Waals surface area contributed by atoms with Gasteiger partial charge in [0.05, 0.1) is 0 Å². The summed E-state index contributed by atoms with van der Waals surface area (Å²) in [5, 5.41) is 4.05. The number of rotatable bonds is 5. The number of anilines is 1. The highest BCUT2D eigenvalue weighted by Gasteiger charge is 2.17. The average molecular weight is 380 g/mol. The highest BCUT2D eigenvalue weighted by molar-refractivity contribution is 5.98. The molecule has 28 heavy (non-hydrogen) atoms. The molecule has 0 atom stereocenters. The van der Waals surface area contributed by atoms with Crippen LogP contribution in [0.2, 0.25) is 0 Å². The summed E-state index contributed by atoms with van der Waals surface area (Å²) in [4.78, 5) is 20.2. The first-order chi connectivity index (χ1) is 13.6. The van der Waals surface area contributed by atoms with Crippen LogP contribution in [0.1, 0.15) is 16.1 Å². The molecule has 2 heterocycles. The van der Waals surface area contributed by atoms with Crippen molar-refractivity contribution >= 4 is 22.5 Å². The van der Waals surface area contributed by atoms with Crippen LogP contribution >= 0.6 is 0 Å². The predicted molar refractivity (Wildman–Crippen MR) is 110 cm³/mol. The van der Waals surface area contributed by atoms with Gasteiger partial charge in [0, 0.05) is 55.9 Å². The Morgan fingerprint density at radius 1 is 1.07 bits per heavy atom. The molecule has 0 bridgehead atoms. The highest BCUT2D eigenvalue weighted by atomic mass is 19.1. The van der Waals surface area contributed by atoms with Crippen molar-refractivity contribution in [2.75, 3.05) is 44.2 Å². The van der Waals surface area contributed by atoms with E-state index in [1.807, 2.05) is 43.3 Å². The maximum Gasteiger partial charge on any atom is 0.267 e. The van der Waals surface area contributed by atoms with E-state index < -0.39 is 0 Å². The van der Waals surface area contributed by atoms with E-state index in [4.69, 9.17) is 0 Å². The summed E-state index contributed by atoms with van der Waals surface area (Å²) in [6.07, 6.45) is 0. The van der Waals surface area contributed by atoms with Crippen LogP contribution in [0.15, 0.2) is 48.5 Å². The van der Waals surface area contributed by atoms with E-state index >= 15 is 0 Å². The maximum absolute atomic E-state index is 13.1. The van der Waals surface area contributed by atoms with Gasteiger partial charge in [-0.15, -0.1) is 0 Å². The summed E-state index contributed by atoms with van der Waals surface area (Å²) in [5.41, 5.74) is 3.81. The van der Waals surface area contributed by atoms with Crippen LogP contribution in [-0.4, -0.2) is 55.1 Å². The summed E-state index contributed by atoms with van der Waals surface area (Å²) in [5.74, 6) is -0.276. The van der Waals surface area contributed by atoms with Gasteiger partial charge in [-0.25, -0.2) is 4.39 Å². The first kappa shape index (κ1) is 18.5. The number of halogens is 1. The van der Waals surface area contributed by atoms with E-state index in [0.29, 0.717) is 12.2 Å². The molecule has 0 unspecified atom stereocenters. The number of carbonyl (C=O) groups is 1. The Kier molecular flexibility index (Phi) is 5.30. The number of nitrogens with one attached hydrogen (secondary N) is 2. The van der Waals surface area contributed by atoms with Gasteiger partial charge in [-0.2, -0.15) is 0 Å². The molecule has 3 aromatic rings. The number of H-pyrrole nitrogens is 1. The molecule has 0 spiro atoms. The van der Waals surface area contributed by atoms with Crippen molar-refractivity contribution < 1.29 is 9.18 Å². The van der Waals surface area contributed by atoms with Gasteiger partial charge in [-0.3, -0.25) is 9.69 Å². The molecule has 2 N–H and O–H groups in total. The largest absolute Gasteiger partial charge is 0.369 e. The van der Waals surface area contributed by atoms with Gasteiger partial charge < -0.3 is 15.2 Å². The smallest absolute Gasteiger partial charge is 0.267 e. The number of carbonyl (C=O) groups excluding carboxylic acids is 1. The normalized spacial score (nSPS) is 15.1. The zero-order valence-corrected chi connectivity index (χ0v) is 16.0. The molecule has 4 rings (SSSR count). The lowest BCUT2D eigenvalue weighted by atomic mass is 10.2. The predicted octanol–water partition coefficient (Wildman–Crippen LogP) is 3.17. The number of benzene rings is 2. The van der Waals surface area contributed by atoms with E-state index in [1.54, 1.807) is 0 Å². The molecule has 1 fully saturated rings. The van der Waals surface area contributed by atoms with Gasteiger partial charge in [-0.1, -0.05) is 12.1 Å². The Morgan fingerprint density at radius 2 is 1.82 bits per heavy atom. The summed E-state index contributed by atoms with van der Waals surface area (Å²) >= 11 is 0. The van der Waals surface area contributed by atoms with Crippen molar-refractivity contribution in [3.63, 3.8) is 0 Å². The Balaban J connectivity index is 1.24.